The van der Waals surface area contributed by atoms with Gasteiger partial charge in [-0.15, -0.1) is 0 Å². The van der Waals surface area contributed by atoms with Gasteiger partial charge in [0, 0.05) is 21.5 Å². The molecule has 2 rings (SSSR count). The predicted molar refractivity (Wildman–Crippen MR) is 75.3 cm³/mol. The van der Waals surface area contributed by atoms with Gasteiger partial charge in [0.05, 0.1) is 6.10 Å². The van der Waals surface area contributed by atoms with Crippen molar-refractivity contribution in [2.45, 2.75) is 67.8 Å². The fraction of sp³-hybridized carbons (Fsp3) is 1.00. The zero-order chi connectivity index (χ0) is 11.5. The molecule has 1 saturated heterocycles. The summed E-state index contributed by atoms with van der Waals surface area (Å²) < 4.78 is 0. The van der Waals surface area contributed by atoms with E-state index in [0.717, 1.165) is 11.0 Å². The maximum absolute atomic E-state index is 10.5. The van der Waals surface area contributed by atoms with Gasteiger partial charge in [-0.2, -0.15) is 23.5 Å². The molecule has 0 aromatic carbocycles. The van der Waals surface area contributed by atoms with Crippen LogP contribution in [-0.4, -0.2) is 32.7 Å². The molecule has 1 nitrogen and oxygen atoms in total. The highest BCUT2D eigenvalue weighted by Gasteiger charge is 2.34. The second-order valence-electron chi connectivity index (χ2n) is 5.31. The standard InChI is InChI=1S/C13H24OS2/c1-9-10(2)16-12(8-15-9)13(14)11-6-4-3-5-7-11/h9-14H,3-8H2,1-2H3. The van der Waals surface area contributed by atoms with Crippen LogP contribution in [0.4, 0.5) is 0 Å². The zero-order valence-corrected chi connectivity index (χ0v) is 12.0. The Labute approximate surface area is 108 Å². The average Bonchev–Trinajstić information content (AvgIpc) is 2.33. The highest BCUT2D eigenvalue weighted by Crippen LogP contribution is 2.40. The topological polar surface area (TPSA) is 20.2 Å². The summed E-state index contributed by atoms with van der Waals surface area (Å²) in [7, 11) is 0. The van der Waals surface area contributed by atoms with Gasteiger partial charge in [-0.05, 0) is 18.8 Å². The van der Waals surface area contributed by atoms with Crippen molar-refractivity contribution in [3.8, 4) is 0 Å². The average molecular weight is 260 g/mol. The van der Waals surface area contributed by atoms with E-state index in [1.807, 2.05) is 23.5 Å². The van der Waals surface area contributed by atoms with Gasteiger partial charge in [0.15, 0.2) is 0 Å². The summed E-state index contributed by atoms with van der Waals surface area (Å²) in [6.45, 7) is 4.62. The molecule has 0 radical (unpaired) electrons. The highest BCUT2D eigenvalue weighted by molar-refractivity contribution is 8.07. The molecule has 94 valence electrons. The Morgan fingerprint density at radius 2 is 1.75 bits per heavy atom. The van der Waals surface area contributed by atoms with Gasteiger partial charge in [-0.25, -0.2) is 0 Å². The first-order valence-electron chi connectivity index (χ1n) is 6.63. The van der Waals surface area contributed by atoms with Crippen LogP contribution in [0.3, 0.4) is 0 Å². The lowest BCUT2D eigenvalue weighted by Gasteiger charge is -2.37. The van der Waals surface area contributed by atoms with Crippen molar-refractivity contribution in [1.29, 1.82) is 0 Å². The summed E-state index contributed by atoms with van der Waals surface area (Å²) in [6, 6.07) is 0. The summed E-state index contributed by atoms with van der Waals surface area (Å²) in [5.41, 5.74) is 0. The van der Waals surface area contributed by atoms with E-state index in [2.05, 4.69) is 13.8 Å². The monoisotopic (exact) mass is 260 g/mol. The Kier molecular flexibility index (Phi) is 4.92. The van der Waals surface area contributed by atoms with Crippen molar-refractivity contribution in [2.24, 2.45) is 5.92 Å². The van der Waals surface area contributed by atoms with Gasteiger partial charge in [0.2, 0.25) is 0 Å². The molecule has 0 amide bonds. The number of hydrogen-bond donors (Lipinski definition) is 1. The summed E-state index contributed by atoms with van der Waals surface area (Å²) in [4.78, 5) is 0. The summed E-state index contributed by atoms with van der Waals surface area (Å²) in [5.74, 6) is 1.74. The normalized spacial score (nSPS) is 39.6. The Hall–Kier alpha value is 0.660. The molecule has 0 aromatic rings. The zero-order valence-electron chi connectivity index (χ0n) is 10.4. The highest BCUT2D eigenvalue weighted by atomic mass is 32.2. The molecular formula is C13H24OS2. The Balaban J connectivity index is 1.86. The van der Waals surface area contributed by atoms with E-state index in [-0.39, 0.29) is 6.10 Å². The van der Waals surface area contributed by atoms with E-state index >= 15 is 0 Å². The maximum atomic E-state index is 10.5. The number of thioether (sulfide) groups is 2. The summed E-state index contributed by atoms with van der Waals surface area (Å²) in [5, 5.41) is 12.4. The number of aliphatic hydroxyl groups excluding tert-OH is 1. The number of hydrogen-bond acceptors (Lipinski definition) is 3. The van der Waals surface area contributed by atoms with Gasteiger partial charge < -0.3 is 5.11 Å². The van der Waals surface area contributed by atoms with Crippen LogP contribution in [0.1, 0.15) is 46.0 Å². The molecule has 4 unspecified atom stereocenters. The molecule has 3 heteroatoms. The van der Waals surface area contributed by atoms with Crippen LogP contribution in [-0.2, 0) is 0 Å². The molecule has 0 spiro atoms. The first-order chi connectivity index (χ1) is 7.68. The SMILES string of the molecule is CC1SCC(C(O)C2CCCCC2)SC1C. The fourth-order valence-electron chi connectivity index (χ4n) is 2.77. The van der Waals surface area contributed by atoms with E-state index < -0.39 is 0 Å². The molecule has 1 saturated carbocycles. The third kappa shape index (κ3) is 3.11. The minimum absolute atomic E-state index is 0.0484. The Morgan fingerprint density at radius 1 is 1.06 bits per heavy atom. The van der Waals surface area contributed by atoms with Crippen LogP contribution < -0.4 is 0 Å². The van der Waals surface area contributed by atoms with Crippen LogP contribution in [0.2, 0.25) is 0 Å². The van der Waals surface area contributed by atoms with Crippen LogP contribution in [0.5, 0.6) is 0 Å². The van der Waals surface area contributed by atoms with Crippen molar-refractivity contribution >= 4 is 23.5 Å². The quantitative estimate of drug-likeness (QED) is 0.820. The molecule has 2 aliphatic rings. The fourth-order valence-corrected chi connectivity index (χ4v) is 5.86. The minimum atomic E-state index is -0.0484. The van der Waals surface area contributed by atoms with Gasteiger partial charge in [0.25, 0.3) is 0 Å². The Morgan fingerprint density at radius 3 is 2.38 bits per heavy atom. The Bertz CT molecular complexity index is 216. The van der Waals surface area contributed by atoms with E-state index in [4.69, 9.17) is 0 Å². The summed E-state index contributed by atoms with van der Waals surface area (Å²) in [6.07, 6.45) is 6.51. The van der Waals surface area contributed by atoms with E-state index in [9.17, 15) is 5.11 Å². The molecule has 1 N–H and O–H groups in total. The molecule has 0 aromatic heterocycles. The van der Waals surface area contributed by atoms with Gasteiger partial charge in [-0.1, -0.05) is 33.1 Å². The largest absolute Gasteiger partial charge is 0.392 e. The first-order valence-corrected chi connectivity index (χ1v) is 8.62. The van der Waals surface area contributed by atoms with E-state index in [0.29, 0.717) is 16.4 Å². The predicted octanol–water partition coefficient (Wildman–Crippen LogP) is 3.55. The molecular weight excluding hydrogens is 236 g/mol. The van der Waals surface area contributed by atoms with Crippen LogP contribution in [0.25, 0.3) is 0 Å². The molecule has 4 atom stereocenters. The van der Waals surface area contributed by atoms with Gasteiger partial charge in [-0.3, -0.25) is 0 Å². The molecule has 1 heterocycles. The number of rotatable bonds is 2. The molecule has 2 fully saturated rings. The molecule has 1 aliphatic carbocycles. The second-order valence-corrected chi connectivity index (χ2v) is 8.34. The van der Waals surface area contributed by atoms with Gasteiger partial charge >= 0.3 is 0 Å². The smallest absolute Gasteiger partial charge is 0.0695 e. The first kappa shape index (κ1) is 13.1. The van der Waals surface area contributed by atoms with Crippen molar-refractivity contribution < 1.29 is 5.11 Å². The van der Waals surface area contributed by atoms with E-state index in [1.54, 1.807) is 0 Å². The summed E-state index contributed by atoms with van der Waals surface area (Å²) >= 11 is 4.07. The lowest BCUT2D eigenvalue weighted by molar-refractivity contribution is 0.0868. The maximum Gasteiger partial charge on any atom is 0.0695 e. The van der Waals surface area contributed by atoms with Crippen molar-refractivity contribution in [3.05, 3.63) is 0 Å². The molecule has 1 aliphatic heterocycles. The molecule has 0 bridgehead atoms. The van der Waals surface area contributed by atoms with E-state index in [1.165, 1.54) is 32.1 Å². The second kappa shape index (κ2) is 6.01. The lowest BCUT2D eigenvalue weighted by atomic mass is 9.84. The van der Waals surface area contributed by atoms with Crippen molar-refractivity contribution in [1.82, 2.24) is 0 Å². The number of aliphatic hydroxyl groups is 1. The van der Waals surface area contributed by atoms with Crippen LogP contribution >= 0.6 is 23.5 Å². The molecule has 16 heavy (non-hydrogen) atoms. The third-order valence-electron chi connectivity index (χ3n) is 4.09. The minimum Gasteiger partial charge on any atom is -0.392 e. The van der Waals surface area contributed by atoms with Crippen molar-refractivity contribution in [2.75, 3.05) is 5.75 Å². The van der Waals surface area contributed by atoms with Crippen molar-refractivity contribution in [3.63, 3.8) is 0 Å². The van der Waals surface area contributed by atoms with Crippen LogP contribution in [0, 0.1) is 5.92 Å². The third-order valence-corrected chi connectivity index (χ3v) is 7.59. The van der Waals surface area contributed by atoms with Gasteiger partial charge in [0.1, 0.15) is 0 Å². The van der Waals surface area contributed by atoms with Crippen LogP contribution in [0.15, 0.2) is 0 Å². The lowest BCUT2D eigenvalue weighted by Crippen LogP contribution is -2.39.